The molecule has 1 aromatic carbocycles. The van der Waals surface area contributed by atoms with Gasteiger partial charge in [-0.05, 0) is 37.2 Å². The van der Waals surface area contributed by atoms with E-state index in [0.717, 1.165) is 30.3 Å². The number of nitrogens with one attached hydrogen (secondary N) is 1. The molecule has 0 amide bonds. The Bertz CT molecular complexity index is 321. The predicted molar refractivity (Wildman–Crippen MR) is 74.5 cm³/mol. The Labute approximate surface area is 107 Å². The van der Waals surface area contributed by atoms with Crippen molar-refractivity contribution in [2.45, 2.75) is 18.2 Å². The first-order chi connectivity index (χ1) is 7.72. The standard InChI is InChI=1S/C13H18ClNS/c1-3-8-15-9-11(2)10-16-13-6-4-12(14)5-7-13/h4-7,15H,2-3,8-10H2,1H3. The van der Waals surface area contributed by atoms with Crippen LogP contribution in [0.2, 0.25) is 5.02 Å². The zero-order valence-corrected chi connectivity index (χ0v) is 11.2. The number of benzene rings is 1. The highest BCUT2D eigenvalue weighted by atomic mass is 35.5. The monoisotopic (exact) mass is 255 g/mol. The smallest absolute Gasteiger partial charge is 0.0406 e. The van der Waals surface area contributed by atoms with Gasteiger partial charge in [0.2, 0.25) is 0 Å². The van der Waals surface area contributed by atoms with E-state index in [4.69, 9.17) is 11.6 Å². The molecule has 0 unspecified atom stereocenters. The predicted octanol–water partition coefficient (Wildman–Crippen LogP) is 3.99. The first-order valence-corrected chi connectivity index (χ1v) is 6.84. The average molecular weight is 256 g/mol. The number of hydrogen-bond donors (Lipinski definition) is 1. The van der Waals surface area contributed by atoms with Crippen LogP contribution in [0.5, 0.6) is 0 Å². The van der Waals surface area contributed by atoms with Gasteiger partial charge >= 0.3 is 0 Å². The summed E-state index contributed by atoms with van der Waals surface area (Å²) in [5.41, 5.74) is 1.23. The summed E-state index contributed by atoms with van der Waals surface area (Å²) in [5.74, 6) is 0.957. The number of hydrogen-bond acceptors (Lipinski definition) is 2. The van der Waals surface area contributed by atoms with Crippen molar-refractivity contribution in [3.8, 4) is 0 Å². The van der Waals surface area contributed by atoms with Gasteiger partial charge in [-0.3, -0.25) is 0 Å². The minimum atomic E-state index is 0.785. The van der Waals surface area contributed by atoms with Gasteiger partial charge in [-0.1, -0.05) is 30.7 Å². The van der Waals surface area contributed by atoms with Gasteiger partial charge < -0.3 is 5.32 Å². The number of thioether (sulfide) groups is 1. The summed E-state index contributed by atoms with van der Waals surface area (Å²) < 4.78 is 0. The van der Waals surface area contributed by atoms with Crippen LogP contribution >= 0.6 is 23.4 Å². The largest absolute Gasteiger partial charge is 0.313 e. The molecule has 1 N–H and O–H groups in total. The van der Waals surface area contributed by atoms with Crippen molar-refractivity contribution in [3.63, 3.8) is 0 Å². The molecule has 0 saturated heterocycles. The Kier molecular flexibility index (Phi) is 6.62. The van der Waals surface area contributed by atoms with Gasteiger partial charge in [0.05, 0.1) is 0 Å². The summed E-state index contributed by atoms with van der Waals surface area (Å²) in [6.45, 7) is 8.19. The van der Waals surface area contributed by atoms with Crippen LogP contribution < -0.4 is 5.32 Å². The lowest BCUT2D eigenvalue weighted by Gasteiger charge is -2.06. The normalized spacial score (nSPS) is 10.4. The fourth-order valence-electron chi connectivity index (χ4n) is 1.21. The van der Waals surface area contributed by atoms with Crippen molar-refractivity contribution in [3.05, 3.63) is 41.4 Å². The van der Waals surface area contributed by atoms with E-state index in [1.54, 1.807) is 11.8 Å². The van der Waals surface area contributed by atoms with Crippen molar-refractivity contribution in [2.75, 3.05) is 18.8 Å². The average Bonchev–Trinajstić information content (AvgIpc) is 2.29. The molecule has 0 aliphatic carbocycles. The molecule has 0 radical (unpaired) electrons. The van der Waals surface area contributed by atoms with Crippen molar-refractivity contribution >= 4 is 23.4 Å². The van der Waals surface area contributed by atoms with Crippen molar-refractivity contribution in [2.24, 2.45) is 0 Å². The molecule has 3 heteroatoms. The van der Waals surface area contributed by atoms with E-state index in [-0.39, 0.29) is 0 Å². The molecular formula is C13H18ClNS. The highest BCUT2D eigenvalue weighted by molar-refractivity contribution is 7.99. The Morgan fingerprint density at radius 3 is 2.69 bits per heavy atom. The molecule has 0 bridgehead atoms. The van der Waals surface area contributed by atoms with Crippen LogP contribution in [0.1, 0.15) is 13.3 Å². The quantitative estimate of drug-likeness (QED) is 0.449. The van der Waals surface area contributed by atoms with E-state index < -0.39 is 0 Å². The summed E-state index contributed by atoms with van der Waals surface area (Å²) in [4.78, 5) is 1.24. The van der Waals surface area contributed by atoms with Crippen LogP contribution in [0.4, 0.5) is 0 Å². The van der Waals surface area contributed by atoms with Gasteiger partial charge in [0.1, 0.15) is 0 Å². The molecule has 0 atom stereocenters. The molecule has 0 saturated carbocycles. The fourth-order valence-corrected chi connectivity index (χ4v) is 2.14. The van der Waals surface area contributed by atoms with Crippen LogP contribution in [0, 0.1) is 0 Å². The van der Waals surface area contributed by atoms with Crippen LogP contribution in [0.3, 0.4) is 0 Å². The Balaban J connectivity index is 2.23. The van der Waals surface area contributed by atoms with Crippen LogP contribution in [-0.4, -0.2) is 18.8 Å². The summed E-state index contributed by atoms with van der Waals surface area (Å²) in [6, 6.07) is 7.92. The first kappa shape index (κ1) is 13.6. The molecule has 16 heavy (non-hydrogen) atoms. The third kappa shape index (κ3) is 5.59. The van der Waals surface area contributed by atoms with E-state index in [1.165, 1.54) is 10.5 Å². The maximum absolute atomic E-state index is 5.82. The van der Waals surface area contributed by atoms with E-state index in [2.05, 4.69) is 18.8 Å². The second kappa shape index (κ2) is 7.77. The third-order valence-electron chi connectivity index (χ3n) is 2.06. The van der Waals surface area contributed by atoms with Crippen LogP contribution in [-0.2, 0) is 0 Å². The second-order valence-electron chi connectivity index (χ2n) is 3.67. The van der Waals surface area contributed by atoms with E-state index in [0.29, 0.717) is 0 Å². The molecule has 0 fully saturated rings. The highest BCUT2D eigenvalue weighted by Gasteiger charge is 1.97. The summed E-state index contributed by atoms with van der Waals surface area (Å²) in [5, 5.41) is 4.13. The topological polar surface area (TPSA) is 12.0 Å². The van der Waals surface area contributed by atoms with Crippen LogP contribution in [0.25, 0.3) is 0 Å². The SMILES string of the molecule is C=C(CNCCC)CSc1ccc(Cl)cc1. The third-order valence-corrected chi connectivity index (χ3v) is 3.47. The number of halogens is 1. The van der Waals surface area contributed by atoms with E-state index in [9.17, 15) is 0 Å². The summed E-state index contributed by atoms with van der Waals surface area (Å²) in [7, 11) is 0. The van der Waals surface area contributed by atoms with Gasteiger partial charge in [-0.2, -0.15) is 0 Å². The minimum Gasteiger partial charge on any atom is -0.313 e. The molecule has 88 valence electrons. The summed E-state index contributed by atoms with van der Waals surface area (Å²) >= 11 is 7.62. The Morgan fingerprint density at radius 2 is 2.06 bits per heavy atom. The fraction of sp³-hybridized carbons (Fsp3) is 0.385. The minimum absolute atomic E-state index is 0.785. The molecule has 0 aliphatic heterocycles. The van der Waals surface area contributed by atoms with E-state index in [1.807, 2.05) is 24.3 Å². The first-order valence-electron chi connectivity index (χ1n) is 5.48. The van der Waals surface area contributed by atoms with Crippen molar-refractivity contribution in [1.29, 1.82) is 0 Å². The lowest BCUT2D eigenvalue weighted by atomic mass is 10.3. The molecule has 1 aromatic rings. The summed E-state index contributed by atoms with van der Waals surface area (Å²) in [6.07, 6.45) is 1.16. The number of rotatable bonds is 7. The molecule has 0 heterocycles. The van der Waals surface area contributed by atoms with Gasteiger partial charge in [-0.15, -0.1) is 11.8 Å². The van der Waals surface area contributed by atoms with Gasteiger partial charge in [0.25, 0.3) is 0 Å². The molecule has 1 nitrogen and oxygen atoms in total. The zero-order chi connectivity index (χ0) is 11.8. The Morgan fingerprint density at radius 1 is 1.38 bits per heavy atom. The lowest BCUT2D eigenvalue weighted by molar-refractivity contribution is 0.716. The van der Waals surface area contributed by atoms with Gasteiger partial charge in [-0.25, -0.2) is 0 Å². The van der Waals surface area contributed by atoms with Gasteiger partial charge in [0.15, 0.2) is 0 Å². The molecule has 0 aliphatic rings. The second-order valence-corrected chi connectivity index (χ2v) is 5.15. The molecule has 1 rings (SSSR count). The molecular weight excluding hydrogens is 238 g/mol. The maximum Gasteiger partial charge on any atom is 0.0406 e. The molecule has 0 spiro atoms. The Hall–Kier alpha value is -0.440. The highest BCUT2D eigenvalue weighted by Crippen LogP contribution is 2.21. The van der Waals surface area contributed by atoms with E-state index >= 15 is 0 Å². The maximum atomic E-state index is 5.82. The van der Waals surface area contributed by atoms with Crippen molar-refractivity contribution in [1.82, 2.24) is 5.32 Å². The lowest BCUT2D eigenvalue weighted by Crippen LogP contribution is -2.18. The van der Waals surface area contributed by atoms with Gasteiger partial charge in [0, 0.05) is 22.2 Å². The molecule has 0 aromatic heterocycles. The van der Waals surface area contributed by atoms with Crippen LogP contribution in [0.15, 0.2) is 41.3 Å². The van der Waals surface area contributed by atoms with Crippen molar-refractivity contribution < 1.29 is 0 Å². The zero-order valence-electron chi connectivity index (χ0n) is 9.63.